The van der Waals surface area contributed by atoms with Crippen LogP contribution in [0.15, 0.2) is 53.0 Å². The summed E-state index contributed by atoms with van der Waals surface area (Å²) in [6, 6.07) is 15.9. The number of hydrogen-bond acceptors (Lipinski definition) is 4. The first kappa shape index (κ1) is 18.9. The molecule has 2 aliphatic heterocycles. The summed E-state index contributed by atoms with van der Waals surface area (Å²) in [5, 5.41) is 0.757. The highest BCUT2D eigenvalue weighted by atomic mass is 79.9. The molecule has 2 heterocycles. The van der Waals surface area contributed by atoms with Crippen LogP contribution >= 0.6 is 27.5 Å². The third kappa shape index (κ3) is 4.36. The van der Waals surface area contributed by atoms with Gasteiger partial charge in [-0.05, 0) is 42.3 Å². The first-order valence-corrected chi connectivity index (χ1v) is 10.3. The van der Waals surface area contributed by atoms with E-state index in [-0.39, 0.29) is 18.1 Å². The van der Waals surface area contributed by atoms with Gasteiger partial charge in [-0.1, -0.05) is 45.7 Å². The zero-order valence-corrected chi connectivity index (χ0v) is 17.2. The Kier molecular flexibility index (Phi) is 5.80. The first-order chi connectivity index (χ1) is 13.1. The van der Waals surface area contributed by atoms with Crippen LogP contribution in [-0.2, 0) is 0 Å². The fourth-order valence-corrected chi connectivity index (χ4v) is 4.26. The van der Waals surface area contributed by atoms with Gasteiger partial charge in [0, 0.05) is 47.3 Å². The molecule has 2 unspecified atom stereocenters. The van der Waals surface area contributed by atoms with Gasteiger partial charge in [0.05, 0.1) is 6.17 Å². The van der Waals surface area contributed by atoms with Crippen LogP contribution < -0.4 is 10.9 Å². The average Bonchev–Trinajstić information content (AvgIpc) is 3.18. The Morgan fingerprint density at radius 1 is 1.04 bits per heavy atom. The van der Waals surface area contributed by atoms with E-state index in [0.717, 1.165) is 47.7 Å². The molecule has 2 aromatic rings. The summed E-state index contributed by atoms with van der Waals surface area (Å²) in [7, 11) is 0. The number of piperazine rings is 1. The summed E-state index contributed by atoms with van der Waals surface area (Å²) in [4.78, 5) is 17.0. The smallest absolute Gasteiger partial charge is 0.253 e. The lowest BCUT2D eigenvalue weighted by Gasteiger charge is -2.37. The van der Waals surface area contributed by atoms with E-state index >= 15 is 0 Å². The Morgan fingerprint density at radius 2 is 1.78 bits per heavy atom. The molecule has 0 bridgehead atoms. The number of hydrogen-bond donors (Lipinski definition) is 2. The van der Waals surface area contributed by atoms with E-state index in [1.807, 2.05) is 41.3 Å². The maximum absolute atomic E-state index is 12.7. The van der Waals surface area contributed by atoms with Gasteiger partial charge in [0.1, 0.15) is 0 Å². The lowest BCUT2D eigenvalue weighted by atomic mass is 10.0. The SMILES string of the molecule is O=C(c1cccc(Br)c1)N1CCN(C2CC(c3ccc(Cl)cc3)NN2)CC1. The molecule has 4 rings (SSSR count). The standard InChI is InChI=1S/C20H22BrClN4O/c21-16-3-1-2-15(12-16)20(27)26-10-8-25(9-11-26)19-13-18(23-24-19)14-4-6-17(22)7-5-14/h1-7,12,18-19,23-24H,8-11,13H2. The van der Waals surface area contributed by atoms with Crippen molar-refractivity contribution >= 4 is 33.4 Å². The van der Waals surface area contributed by atoms with Crippen LogP contribution in [0.3, 0.4) is 0 Å². The van der Waals surface area contributed by atoms with Gasteiger partial charge in [0.2, 0.25) is 0 Å². The third-order valence-corrected chi connectivity index (χ3v) is 6.01. The zero-order chi connectivity index (χ0) is 18.8. The molecule has 27 heavy (non-hydrogen) atoms. The molecule has 2 aromatic carbocycles. The quantitative estimate of drug-likeness (QED) is 0.754. The molecule has 142 valence electrons. The van der Waals surface area contributed by atoms with Crippen molar-refractivity contribution in [3.8, 4) is 0 Å². The molecule has 0 aromatic heterocycles. The number of nitrogens with one attached hydrogen (secondary N) is 2. The van der Waals surface area contributed by atoms with Crippen LogP contribution in [0.5, 0.6) is 0 Å². The van der Waals surface area contributed by atoms with E-state index < -0.39 is 0 Å². The zero-order valence-electron chi connectivity index (χ0n) is 14.9. The van der Waals surface area contributed by atoms with Gasteiger partial charge in [0.15, 0.2) is 0 Å². The Morgan fingerprint density at radius 3 is 2.48 bits per heavy atom. The van der Waals surface area contributed by atoms with Crippen molar-refractivity contribution in [3.05, 3.63) is 69.2 Å². The van der Waals surface area contributed by atoms with Crippen LogP contribution in [0.25, 0.3) is 0 Å². The molecule has 2 atom stereocenters. The summed E-state index contributed by atoms with van der Waals surface area (Å²) in [6.45, 7) is 3.23. The minimum Gasteiger partial charge on any atom is -0.336 e. The second-order valence-electron chi connectivity index (χ2n) is 6.98. The van der Waals surface area contributed by atoms with E-state index in [0.29, 0.717) is 0 Å². The predicted molar refractivity (Wildman–Crippen MR) is 110 cm³/mol. The molecule has 2 saturated heterocycles. The molecule has 0 aliphatic carbocycles. The predicted octanol–water partition coefficient (Wildman–Crippen LogP) is 3.43. The van der Waals surface area contributed by atoms with Crippen molar-refractivity contribution < 1.29 is 4.79 Å². The lowest BCUT2D eigenvalue weighted by molar-refractivity contribution is 0.0545. The van der Waals surface area contributed by atoms with Crippen LogP contribution in [-0.4, -0.2) is 48.1 Å². The molecule has 5 nitrogen and oxygen atoms in total. The Hall–Kier alpha value is -1.44. The van der Waals surface area contributed by atoms with Crippen molar-refractivity contribution in [3.63, 3.8) is 0 Å². The van der Waals surface area contributed by atoms with Gasteiger partial charge in [0.25, 0.3) is 5.91 Å². The van der Waals surface area contributed by atoms with Crippen molar-refractivity contribution in [2.45, 2.75) is 18.6 Å². The second-order valence-corrected chi connectivity index (χ2v) is 8.33. The van der Waals surface area contributed by atoms with Crippen LogP contribution in [0, 0.1) is 0 Å². The number of hydrazine groups is 1. The van der Waals surface area contributed by atoms with Crippen molar-refractivity contribution in [2.24, 2.45) is 0 Å². The minimum atomic E-state index is 0.104. The molecule has 2 aliphatic rings. The summed E-state index contributed by atoms with van der Waals surface area (Å²) >= 11 is 9.42. The van der Waals surface area contributed by atoms with E-state index in [1.165, 1.54) is 5.56 Å². The number of benzene rings is 2. The highest BCUT2D eigenvalue weighted by Gasteiger charge is 2.32. The van der Waals surface area contributed by atoms with E-state index in [4.69, 9.17) is 11.6 Å². The fraction of sp³-hybridized carbons (Fsp3) is 0.350. The number of amides is 1. The second kappa shape index (κ2) is 8.29. The molecule has 0 radical (unpaired) electrons. The van der Waals surface area contributed by atoms with Gasteiger partial charge < -0.3 is 4.90 Å². The molecule has 0 spiro atoms. The number of rotatable bonds is 3. The van der Waals surface area contributed by atoms with Crippen molar-refractivity contribution in [1.29, 1.82) is 0 Å². The Bertz CT molecular complexity index is 808. The topological polar surface area (TPSA) is 47.6 Å². The molecule has 7 heteroatoms. The van der Waals surface area contributed by atoms with Crippen molar-refractivity contribution in [1.82, 2.24) is 20.7 Å². The largest absolute Gasteiger partial charge is 0.336 e. The maximum Gasteiger partial charge on any atom is 0.253 e. The van der Waals surface area contributed by atoms with Gasteiger partial charge in [-0.2, -0.15) is 0 Å². The van der Waals surface area contributed by atoms with Crippen LogP contribution in [0.1, 0.15) is 28.4 Å². The first-order valence-electron chi connectivity index (χ1n) is 9.15. The number of carbonyl (C=O) groups excluding carboxylic acids is 1. The molecular formula is C20H22BrClN4O. The summed E-state index contributed by atoms with van der Waals surface area (Å²) < 4.78 is 0.932. The van der Waals surface area contributed by atoms with Crippen molar-refractivity contribution in [2.75, 3.05) is 26.2 Å². The number of nitrogens with zero attached hydrogens (tertiary/aromatic N) is 2. The van der Waals surface area contributed by atoms with Gasteiger partial charge in [-0.3, -0.25) is 9.69 Å². The summed E-state index contributed by atoms with van der Waals surface area (Å²) in [6.07, 6.45) is 1.26. The molecule has 2 fully saturated rings. The van der Waals surface area contributed by atoms with Crippen LogP contribution in [0.4, 0.5) is 0 Å². The maximum atomic E-state index is 12.7. The van der Waals surface area contributed by atoms with E-state index in [9.17, 15) is 4.79 Å². The average molecular weight is 450 g/mol. The fourth-order valence-electron chi connectivity index (χ4n) is 3.73. The van der Waals surface area contributed by atoms with E-state index in [1.54, 1.807) is 0 Å². The Balaban J connectivity index is 1.32. The van der Waals surface area contributed by atoms with Gasteiger partial charge >= 0.3 is 0 Å². The molecule has 0 saturated carbocycles. The highest BCUT2D eigenvalue weighted by Crippen LogP contribution is 2.25. The van der Waals surface area contributed by atoms with Crippen LogP contribution in [0.2, 0.25) is 5.02 Å². The lowest BCUT2D eigenvalue weighted by Crippen LogP contribution is -2.55. The number of halogens is 2. The highest BCUT2D eigenvalue weighted by molar-refractivity contribution is 9.10. The van der Waals surface area contributed by atoms with E-state index in [2.05, 4.69) is 43.8 Å². The van der Waals surface area contributed by atoms with Gasteiger partial charge in [-0.25, -0.2) is 10.9 Å². The van der Waals surface area contributed by atoms with Gasteiger partial charge in [-0.15, -0.1) is 0 Å². The normalized spacial score (nSPS) is 23.6. The minimum absolute atomic E-state index is 0.104. The monoisotopic (exact) mass is 448 g/mol. The summed E-state index contributed by atoms with van der Waals surface area (Å²) in [5.41, 5.74) is 8.76. The summed E-state index contributed by atoms with van der Waals surface area (Å²) in [5.74, 6) is 0.104. The third-order valence-electron chi connectivity index (χ3n) is 5.27. The molecule has 1 amide bonds. The molecule has 2 N–H and O–H groups in total. The molecular weight excluding hydrogens is 428 g/mol. The Labute approximate surface area is 172 Å². The number of carbonyl (C=O) groups is 1.